The van der Waals surface area contributed by atoms with Crippen molar-refractivity contribution in [2.75, 3.05) is 6.61 Å². The van der Waals surface area contributed by atoms with Crippen molar-refractivity contribution >= 4 is 40.1 Å². The van der Waals surface area contributed by atoms with Crippen LogP contribution in [0.3, 0.4) is 0 Å². The van der Waals surface area contributed by atoms with Gasteiger partial charge < -0.3 is 13.9 Å². The lowest BCUT2D eigenvalue weighted by Gasteiger charge is -2.15. The summed E-state index contributed by atoms with van der Waals surface area (Å²) in [4.78, 5) is 0. The maximum absolute atomic E-state index is 6.07. The van der Waals surface area contributed by atoms with Crippen LogP contribution in [0.5, 0.6) is 0 Å². The Bertz CT molecular complexity index is 1180. The SMILES string of the molecule is CC1(C)COB(c2ccc3c(c2)c2ccccc2n3C2=CC=CC=C=C2)O1. The highest BCUT2D eigenvalue weighted by Crippen LogP contribution is 2.32. The molecular formula is C23H20BNO2. The van der Waals surface area contributed by atoms with Crippen LogP contribution in [0.2, 0.25) is 0 Å². The van der Waals surface area contributed by atoms with Crippen LogP contribution in [0.25, 0.3) is 27.5 Å². The second-order valence-electron chi connectivity index (χ2n) is 7.60. The van der Waals surface area contributed by atoms with Crippen molar-refractivity contribution < 1.29 is 9.31 Å². The van der Waals surface area contributed by atoms with Crippen molar-refractivity contribution in [2.45, 2.75) is 19.4 Å². The van der Waals surface area contributed by atoms with E-state index in [1.54, 1.807) is 0 Å². The number of benzene rings is 2. The molecule has 4 heteroatoms. The number of hydrogen-bond acceptors (Lipinski definition) is 2. The molecule has 1 saturated heterocycles. The minimum atomic E-state index is -0.311. The van der Waals surface area contributed by atoms with Crippen LogP contribution in [-0.4, -0.2) is 23.9 Å². The summed E-state index contributed by atoms with van der Waals surface area (Å²) in [6.07, 6.45) is 10.1. The lowest BCUT2D eigenvalue weighted by Crippen LogP contribution is -2.34. The van der Waals surface area contributed by atoms with Gasteiger partial charge in [-0.3, -0.25) is 0 Å². The van der Waals surface area contributed by atoms with E-state index >= 15 is 0 Å². The van der Waals surface area contributed by atoms with Gasteiger partial charge in [-0.05, 0) is 43.6 Å². The van der Waals surface area contributed by atoms with E-state index in [0.29, 0.717) is 6.61 Å². The van der Waals surface area contributed by atoms with Crippen LogP contribution in [-0.2, 0) is 9.31 Å². The fourth-order valence-corrected chi connectivity index (χ4v) is 3.80. The van der Waals surface area contributed by atoms with Gasteiger partial charge in [0, 0.05) is 16.8 Å². The van der Waals surface area contributed by atoms with E-state index in [0.717, 1.165) is 16.7 Å². The molecule has 1 fully saturated rings. The zero-order chi connectivity index (χ0) is 18.4. The molecule has 3 aromatic rings. The zero-order valence-electron chi connectivity index (χ0n) is 15.5. The van der Waals surface area contributed by atoms with Crippen molar-refractivity contribution in [1.82, 2.24) is 4.57 Å². The third kappa shape index (κ3) is 2.79. The van der Waals surface area contributed by atoms with E-state index in [4.69, 9.17) is 9.31 Å². The van der Waals surface area contributed by atoms with Crippen molar-refractivity contribution in [1.29, 1.82) is 0 Å². The molecule has 0 atom stereocenters. The van der Waals surface area contributed by atoms with Gasteiger partial charge in [-0.2, -0.15) is 0 Å². The quantitative estimate of drug-likeness (QED) is 0.502. The van der Waals surface area contributed by atoms with Crippen molar-refractivity contribution in [3.05, 3.63) is 78.6 Å². The van der Waals surface area contributed by atoms with Crippen LogP contribution in [0, 0.1) is 0 Å². The molecule has 0 amide bonds. The van der Waals surface area contributed by atoms with E-state index in [2.05, 4.69) is 72.7 Å². The second-order valence-corrected chi connectivity index (χ2v) is 7.60. The van der Waals surface area contributed by atoms with E-state index in [1.807, 2.05) is 24.3 Å². The monoisotopic (exact) mass is 353 g/mol. The van der Waals surface area contributed by atoms with Crippen molar-refractivity contribution in [3.8, 4) is 0 Å². The molecule has 1 aromatic heterocycles. The van der Waals surface area contributed by atoms with Gasteiger partial charge >= 0.3 is 7.12 Å². The number of para-hydroxylation sites is 1. The summed E-state index contributed by atoms with van der Waals surface area (Å²) in [5.74, 6) is 0. The Kier molecular flexibility index (Phi) is 3.73. The molecule has 2 aromatic carbocycles. The number of nitrogens with zero attached hydrogens (tertiary/aromatic N) is 1. The summed E-state index contributed by atoms with van der Waals surface area (Å²) in [5.41, 5.74) is 7.46. The predicted molar refractivity (Wildman–Crippen MR) is 112 cm³/mol. The lowest BCUT2D eigenvalue weighted by molar-refractivity contribution is 0.137. The van der Waals surface area contributed by atoms with Crippen molar-refractivity contribution in [2.24, 2.45) is 0 Å². The number of aromatic nitrogens is 1. The van der Waals surface area contributed by atoms with Gasteiger partial charge in [0.05, 0.1) is 28.9 Å². The number of fused-ring (bicyclic) bond motifs is 3. The Morgan fingerprint density at radius 1 is 1.04 bits per heavy atom. The maximum atomic E-state index is 6.07. The Morgan fingerprint density at radius 3 is 2.74 bits per heavy atom. The molecule has 3 nitrogen and oxygen atoms in total. The summed E-state index contributed by atoms with van der Waals surface area (Å²) in [6.45, 7) is 4.72. The predicted octanol–water partition coefficient (Wildman–Crippen LogP) is 4.44. The molecule has 1 aliphatic carbocycles. The average molecular weight is 353 g/mol. The third-order valence-electron chi connectivity index (χ3n) is 5.04. The Morgan fingerprint density at radius 2 is 1.89 bits per heavy atom. The molecule has 0 saturated carbocycles. The summed E-state index contributed by atoms with van der Waals surface area (Å²) < 4.78 is 14.2. The fourth-order valence-electron chi connectivity index (χ4n) is 3.80. The summed E-state index contributed by atoms with van der Waals surface area (Å²) in [7, 11) is -0.311. The summed E-state index contributed by atoms with van der Waals surface area (Å²) in [5, 5.41) is 2.42. The highest BCUT2D eigenvalue weighted by molar-refractivity contribution is 6.62. The molecule has 132 valence electrons. The molecule has 2 aliphatic rings. The van der Waals surface area contributed by atoms with Gasteiger partial charge in [-0.25, -0.2) is 0 Å². The smallest absolute Gasteiger partial charge is 0.404 e. The molecule has 5 rings (SSSR count). The first-order valence-electron chi connectivity index (χ1n) is 9.25. The van der Waals surface area contributed by atoms with E-state index in [-0.39, 0.29) is 12.7 Å². The van der Waals surface area contributed by atoms with Gasteiger partial charge in [0.15, 0.2) is 0 Å². The van der Waals surface area contributed by atoms with E-state index in [1.165, 1.54) is 16.3 Å². The Labute approximate surface area is 159 Å². The normalized spacial score (nSPS) is 18.4. The van der Waals surface area contributed by atoms with Gasteiger partial charge in [0.1, 0.15) is 0 Å². The molecule has 0 bridgehead atoms. The fraction of sp³-hybridized carbons (Fsp3) is 0.174. The van der Waals surface area contributed by atoms with Crippen LogP contribution in [0.15, 0.2) is 78.6 Å². The Hall–Kier alpha value is -2.78. The number of rotatable bonds is 2. The van der Waals surface area contributed by atoms with E-state index < -0.39 is 0 Å². The highest BCUT2D eigenvalue weighted by atomic mass is 16.7. The molecule has 2 heterocycles. The van der Waals surface area contributed by atoms with Gasteiger partial charge in [0.2, 0.25) is 0 Å². The first kappa shape index (κ1) is 16.4. The van der Waals surface area contributed by atoms with Gasteiger partial charge in [0.25, 0.3) is 0 Å². The topological polar surface area (TPSA) is 23.4 Å². The van der Waals surface area contributed by atoms with Crippen LogP contribution < -0.4 is 5.46 Å². The molecule has 0 radical (unpaired) electrons. The molecule has 1 aliphatic heterocycles. The number of hydrogen-bond donors (Lipinski definition) is 0. The first-order valence-corrected chi connectivity index (χ1v) is 9.25. The molecule has 27 heavy (non-hydrogen) atoms. The van der Waals surface area contributed by atoms with Crippen LogP contribution >= 0.6 is 0 Å². The Balaban J connectivity index is 1.73. The first-order chi connectivity index (χ1) is 13.1. The standard InChI is InChI=1S/C23H20BNO2/c1-23(2)16-26-24(27-23)17-13-14-22-20(15-17)19-11-7-8-12-21(19)25(22)18-9-5-3-4-6-10-18/h3-5,7-15H,16H2,1-2H3. The summed E-state index contributed by atoms with van der Waals surface area (Å²) >= 11 is 0. The molecule has 0 spiro atoms. The van der Waals surface area contributed by atoms with Crippen molar-refractivity contribution in [3.63, 3.8) is 0 Å². The largest absolute Gasteiger partial charge is 0.494 e. The molecule has 0 N–H and O–H groups in total. The lowest BCUT2D eigenvalue weighted by atomic mass is 9.78. The van der Waals surface area contributed by atoms with Crippen LogP contribution in [0.4, 0.5) is 0 Å². The van der Waals surface area contributed by atoms with Gasteiger partial charge in [-0.1, -0.05) is 42.5 Å². The maximum Gasteiger partial charge on any atom is 0.494 e. The average Bonchev–Trinajstić information content (AvgIpc) is 3.06. The molecular weight excluding hydrogens is 333 g/mol. The zero-order valence-corrected chi connectivity index (χ0v) is 15.5. The van der Waals surface area contributed by atoms with Crippen LogP contribution in [0.1, 0.15) is 13.8 Å². The minimum Gasteiger partial charge on any atom is -0.404 e. The third-order valence-corrected chi connectivity index (χ3v) is 5.04. The van der Waals surface area contributed by atoms with Gasteiger partial charge in [-0.15, -0.1) is 5.73 Å². The van der Waals surface area contributed by atoms with E-state index in [9.17, 15) is 0 Å². The summed E-state index contributed by atoms with van der Waals surface area (Å²) in [6, 6.07) is 15.0. The second kappa shape index (κ2) is 6.14. The highest BCUT2D eigenvalue weighted by Gasteiger charge is 2.38. The molecule has 0 unspecified atom stereocenters. The minimum absolute atomic E-state index is 0.248. The number of allylic oxidation sites excluding steroid dienone is 5.